The van der Waals surface area contributed by atoms with Gasteiger partial charge in [-0.1, -0.05) is 103 Å². The lowest BCUT2D eigenvalue weighted by Crippen LogP contribution is -2.71. The van der Waals surface area contributed by atoms with Crippen molar-refractivity contribution in [1.82, 2.24) is 10.2 Å². The highest BCUT2D eigenvalue weighted by molar-refractivity contribution is 6.21. The molecule has 14 heteroatoms. The number of methoxy groups -OCH3 is 1. The van der Waals surface area contributed by atoms with Gasteiger partial charge in [0.2, 0.25) is 0 Å². The van der Waals surface area contributed by atoms with Gasteiger partial charge >= 0.3 is 17.9 Å². The largest absolute Gasteiger partial charge is 0.463 e. The fraction of sp³-hybridized carbons (Fsp3) is 0.700. The number of esters is 3. The highest BCUT2D eigenvalue weighted by Gasteiger charge is 2.57. The maximum Gasteiger partial charge on any atom is 0.303 e. The third-order valence-electron chi connectivity index (χ3n) is 9.61. The van der Waals surface area contributed by atoms with Crippen molar-refractivity contribution in [2.24, 2.45) is 0 Å². The Morgan fingerprint density at radius 1 is 0.741 bits per heavy atom. The van der Waals surface area contributed by atoms with Gasteiger partial charge in [-0.2, -0.15) is 0 Å². The van der Waals surface area contributed by atoms with Crippen molar-refractivity contribution < 1.29 is 57.2 Å². The zero-order valence-electron chi connectivity index (χ0n) is 32.6. The lowest BCUT2D eigenvalue weighted by molar-refractivity contribution is -0.235. The number of unbranched alkanes of at least 4 members (excludes halogenated alkanes) is 13. The molecular formula is C40H60N2O12. The highest BCUT2D eigenvalue weighted by atomic mass is 16.6. The predicted octanol–water partition coefficient (Wildman–Crippen LogP) is 5.43. The van der Waals surface area contributed by atoms with E-state index in [1.165, 1.54) is 89.9 Å². The Morgan fingerprint density at radius 3 is 1.72 bits per heavy atom. The number of hydrogen-bond acceptors (Lipinski definition) is 12. The second-order valence-corrected chi connectivity index (χ2v) is 14.0. The summed E-state index contributed by atoms with van der Waals surface area (Å²) in [6, 6.07) is 4.60. The number of carbonyl (C=O) groups is 6. The molecule has 1 N–H and O–H groups in total. The minimum atomic E-state index is -1.54. The first-order valence-electron chi connectivity index (χ1n) is 19.5. The van der Waals surface area contributed by atoms with Crippen LogP contribution >= 0.6 is 0 Å². The molecule has 2 aliphatic heterocycles. The number of nitrogens with one attached hydrogen (secondary N) is 1. The summed E-state index contributed by atoms with van der Waals surface area (Å²) >= 11 is 0. The minimum Gasteiger partial charge on any atom is -0.463 e. The van der Waals surface area contributed by atoms with Crippen LogP contribution in [-0.2, 0) is 47.6 Å². The molecule has 2 aliphatic rings. The monoisotopic (exact) mass is 760 g/mol. The molecule has 6 atom stereocenters. The summed E-state index contributed by atoms with van der Waals surface area (Å²) in [5.74, 6) is -4.48. The summed E-state index contributed by atoms with van der Waals surface area (Å²) in [6.07, 6.45) is 10.4. The van der Waals surface area contributed by atoms with Crippen molar-refractivity contribution >= 4 is 35.6 Å². The van der Waals surface area contributed by atoms with Gasteiger partial charge in [0.15, 0.2) is 24.5 Å². The van der Waals surface area contributed by atoms with Crippen LogP contribution in [0.5, 0.6) is 0 Å². The van der Waals surface area contributed by atoms with Gasteiger partial charge in [-0.3, -0.25) is 33.7 Å². The molecule has 0 aromatic heterocycles. The van der Waals surface area contributed by atoms with Crippen LogP contribution in [0.3, 0.4) is 0 Å². The SMILES string of the molecule is CCCCCCCCCCCCCCCCOCC(OC)C(=O)N[C@@H]1O[C@H](COC(C)=O)[C@@H](OC(C)=O)[C@H](OC(C)=O)[C@H]1N1C(=O)c2ccccc2C1=O. The molecular weight excluding hydrogens is 700 g/mol. The van der Waals surface area contributed by atoms with Crippen molar-refractivity contribution in [3.8, 4) is 0 Å². The van der Waals surface area contributed by atoms with Gasteiger partial charge in [0.05, 0.1) is 17.7 Å². The highest BCUT2D eigenvalue weighted by Crippen LogP contribution is 2.34. The molecule has 0 saturated carbocycles. The molecule has 3 rings (SSSR count). The molecule has 1 aromatic rings. The van der Waals surface area contributed by atoms with E-state index >= 15 is 0 Å². The molecule has 1 unspecified atom stereocenters. The molecule has 0 radical (unpaired) electrons. The second-order valence-electron chi connectivity index (χ2n) is 14.0. The van der Waals surface area contributed by atoms with Crippen LogP contribution < -0.4 is 5.32 Å². The molecule has 54 heavy (non-hydrogen) atoms. The second kappa shape index (κ2) is 23.8. The third-order valence-corrected chi connectivity index (χ3v) is 9.61. The minimum absolute atomic E-state index is 0.0897. The maximum absolute atomic E-state index is 13.7. The smallest absolute Gasteiger partial charge is 0.303 e. The number of carbonyl (C=O) groups excluding carboxylic acids is 6. The van der Waals surface area contributed by atoms with Crippen LogP contribution in [0, 0.1) is 0 Å². The standard InChI is InChI=1S/C40H60N2O12/c1-6-7-8-9-10-11-12-13-14-15-16-17-18-21-24-50-25-33(49-5)37(46)41-38-34(42-39(47)30-22-19-20-23-31(30)40(42)48)36(53-29(4)45)35(52-28(3)44)32(54-38)26-51-27(2)43/h19-20,22-23,32-36,38H,6-18,21,24-26H2,1-5H3,(H,41,46)/t32-,33?,34-,35-,36-,38-/m1/s1. The zero-order valence-corrected chi connectivity index (χ0v) is 32.6. The van der Waals surface area contributed by atoms with E-state index in [9.17, 15) is 28.8 Å². The summed E-state index contributed by atoms with van der Waals surface area (Å²) in [5.41, 5.74) is 0.179. The Labute approximate surface area is 319 Å². The van der Waals surface area contributed by atoms with E-state index in [0.29, 0.717) is 6.61 Å². The molecule has 0 spiro atoms. The molecule has 1 aromatic carbocycles. The summed E-state index contributed by atoms with van der Waals surface area (Å²) in [6.45, 7) is 5.48. The van der Waals surface area contributed by atoms with Crippen LogP contribution in [0.2, 0.25) is 0 Å². The Kier molecular flexibility index (Phi) is 19.6. The van der Waals surface area contributed by atoms with Crippen molar-refractivity contribution in [2.75, 3.05) is 26.9 Å². The van der Waals surface area contributed by atoms with Gasteiger partial charge in [-0.25, -0.2) is 0 Å². The van der Waals surface area contributed by atoms with E-state index in [-0.39, 0.29) is 17.7 Å². The topological polar surface area (TPSA) is 173 Å². The quantitative estimate of drug-likeness (QED) is 0.0581. The van der Waals surface area contributed by atoms with E-state index in [4.69, 9.17) is 28.4 Å². The van der Waals surface area contributed by atoms with Crippen LogP contribution in [-0.4, -0.2) is 104 Å². The normalized spacial score (nSPS) is 21.4. The van der Waals surface area contributed by atoms with E-state index in [1.54, 1.807) is 12.1 Å². The average molecular weight is 761 g/mol. The summed E-state index contributed by atoms with van der Waals surface area (Å²) in [4.78, 5) is 78.5. The predicted molar refractivity (Wildman–Crippen MR) is 197 cm³/mol. The van der Waals surface area contributed by atoms with Gasteiger partial charge in [0.1, 0.15) is 18.8 Å². The van der Waals surface area contributed by atoms with Gasteiger partial charge in [0, 0.05) is 34.5 Å². The maximum atomic E-state index is 13.7. The lowest BCUT2D eigenvalue weighted by Gasteiger charge is -2.47. The van der Waals surface area contributed by atoms with E-state index in [2.05, 4.69) is 12.2 Å². The van der Waals surface area contributed by atoms with E-state index in [0.717, 1.165) is 44.9 Å². The molecule has 302 valence electrons. The Morgan fingerprint density at radius 2 is 1.24 bits per heavy atom. The first-order chi connectivity index (χ1) is 26.0. The van der Waals surface area contributed by atoms with Gasteiger partial charge < -0.3 is 33.7 Å². The average Bonchev–Trinajstić information content (AvgIpc) is 3.38. The number of rotatable bonds is 25. The number of fused-ring (bicyclic) bond motifs is 1. The Bertz CT molecular complexity index is 1350. The molecule has 1 fully saturated rings. The molecule has 3 amide bonds. The molecule has 14 nitrogen and oxygen atoms in total. The zero-order chi connectivity index (χ0) is 39.5. The fourth-order valence-electron chi connectivity index (χ4n) is 6.87. The summed E-state index contributed by atoms with van der Waals surface area (Å²) in [5, 5.41) is 2.68. The molecule has 2 heterocycles. The number of benzene rings is 1. The van der Waals surface area contributed by atoms with Crippen molar-refractivity contribution in [3.05, 3.63) is 35.4 Å². The molecule has 0 bridgehead atoms. The summed E-state index contributed by atoms with van der Waals surface area (Å²) in [7, 11) is 1.34. The number of ether oxygens (including phenoxy) is 6. The Hall–Kier alpha value is -3.88. The van der Waals surface area contributed by atoms with Gasteiger partial charge in [-0.05, 0) is 18.6 Å². The third kappa shape index (κ3) is 13.8. The Balaban J connectivity index is 1.63. The van der Waals surface area contributed by atoms with E-state index < -0.39 is 78.9 Å². The van der Waals surface area contributed by atoms with Gasteiger partial charge in [0.25, 0.3) is 17.7 Å². The first kappa shape index (κ1) is 44.5. The van der Waals surface area contributed by atoms with E-state index in [1.807, 2.05) is 0 Å². The van der Waals surface area contributed by atoms with Crippen molar-refractivity contribution in [1.29, 1.82) is 0 Å². The fourth-order valence-corrected chi connectivity index (χ4v) is 6.87. The summed E-state index contributed by atoms with van der Waals surface area (Å²) < 4.78 is 33.7. The van der Waals surface area contributed by atoms with Crippen LogP contribution in [0.4, 0.5) is 0 Å². The van der Waals surface area contributed by atoms with Crippen molar-refractivity contribution in [2.45, 2.75) is 154 Å². The first-order valence-corrected chi connectivity index (χ1v) is 19.5. The van der Waals surface area contributed by atoms with Crippen LogP contribution in [0.1, 0.15) is 138 Å². The number of hydrogen-bond donors (Lipinski definition) is 1. The van der Waals surface area contributed by atoms with Gasteiger partial charge in [-0.15, -0.1) is 0 Å². The van der Waals surface area contributed by atoms with Crippen molar-refractivity contribution in [3.63, 3.8) is 0 Å². The molecule has 1 saturated heterocycles. The number of amides is 3. The lowest BCUT2D eigenvalue weighted by atomic mass is 9.93. The van der Waals surface area contributed by atoms with Crippen LogP contribution in [0.15, 0.2) is 24.3 Å². The number of nitrogens with zero attached hydrogens (tertiary/aromatic N) is 1. The number of imide groups is 1. The van der Waals surface area contributed by atoms with Crippen LogP contribution in [0.25, 0.3) is 0 Å². The molecule has 0 aliphatic carbocycles.